The fraction of sp³-hybridized carbons (Fsp3) is 0.364. The molecule has 6 nitrogen and oxygen atoms in total. The fourth-order valence-electron chi connectivity index (χ4n) is 2.78. The molecular formula is C22H28N2O4. The lowest BCUT2D eigenvalue weighted by molar-refractivity contribution is -0.139. The van der Waals surface area contributed by atoms with Crippen LogP contribution in [-0.2, 0) is 11.2 Å². The van der Waals surface area contributed by atoms with Crippen molar-refractivity contribution in [3.05, 3.63) is 65.7 Å². The van der Waals surface area contributed by atoms with Crippen LogP contribution in [0.5, 0.6) is 5.75 Å². The Bertz CT molecular complexity index is 732. The predicted octanol–water partition coefficient (Wildman–Crippen LogP) is 3.01. The molecule has 0 spiro atoms. The van der Waals surface area contributed by atoms with E-state index in [-0.39, 0.29) is 6.42 Å². The molecule has 2 aromatic carbocycles. The van der Waals surface area contributed by atoms with Crippen LogP contribution in [0.4, 0.5) is 0 Å². The lowest BCUT2D eigenvalue weighted by Crippen LogP contribution is -2.42. The van der Waals surface area contributed by atoms with Gasteiger partial charge in [0.25, 0.3) is 5.91 Å². The molecular weight excluding hydrogens is 356 g/mol. The summed E-state index contributed by atoms with van der Waals surface area (Å²) >= 11 is 0. The van der Waals surface area contributed by atoms with Gasteiger partial charge in [-0.3, -0.25) is 4.79 Å². The van der Waals surface area contributed by atoms with E-state index in [9.17, 15) is 14.7 Å². The van der Waals surface area contributed by atoms with Crippen molar-refractivity contribution in [2.75, 3.05) is 13.2 Å². The van der Waals surface area contributed by atoms with Gasteiger partial charge in [0.2, 0.25) is 0 Å². The number of hydrogen-bond donors (Lipinski definition) is 3. The maximum atomic E-state index is 12.2. The molecule has 0 saturated heterocycles. The average molecular weight is 384 g/mol. The molecule has 0 fully saturated rings. The summed E-state index contributed by atoms with van der Waals surface area (Å²) in [5.41, 5.74) is 6.72. The van der Waals surface area contributed by atoms with E-state index in [2.05, 4.69) is 5.32 Å². The third kappa shape index (κ3) is 7.40. The van der Waals surface area contributed by atoms with E-state index in [1.54, 1.807) is 30.3 Å². The van der Waals surface area contributed by atoms with Gasteiger partial charge in [-0.25, -0.2) is 4.79 Å². The van der Waals surface area contributed by atoms with Crippen molar-refractivity contribution in [1.82, 2.24) is 5.32 Å². The Morgan fingerprint density at radius 3 is 2.29 bits per heavy atom. The maximum absolute atomic E-state index is 12.2. The number of hydrogen-bond acceptors (Lipinski definition) is 4. The molecule has 6 heteroatoms. The predicted molar refractivity (Wildman–Crippen MR) is 108 cm³/mol. The number of nitrogens with two attached hydrogens (primary N) is 1. The van der Waals surface area contributed by atoms with Crippen LogP contribution in [0, 0.1) is 0 Å². The highest BCUT2D eigenvalue weighted by atomic mass is 16.5. The largest absolute Gasteiger partial charge is 0.494 e. The van der Waals surface area contributed by atoms with Gasteiger partial charge in [0, 0.05) is 12.0 Å². The Labute approximate surface area is 165 Å². The van der Waals surface area contributed by atoms with Gasteiger partial charge in [-0.1, -0.05) is 43.2 Å². The molecule has 0 bridgehead atoms. The number of carboxylic acid groups (broad SMARTS) is 1. The number of aliphatic carboxylic acids is 1. The fourth-order valence-corrected chi connectivity index (χ4v) is 2.78. The van der Waals surface area contributed by atoms with Gasteiger partial charge >= 0.3 is 5.97 Å². The van der Waals surface area contributed by atoms with Crippen molar-refractivity contribution in [1.29, 1.82) is 0 Å². The second-order valence-corrected chi connectivity index (χ2v) is 6.63. The van der Waals surface area contributed by atoms with E-state index in [1.165, 1.54) is 0 Å². The Hall–Kier alpha value is -2.86. The second-order valence-electron chi connectivity index (χ2n) is 6.63. The van der Waals surface area contributed by atoms with Crippen molar-refractivity contribution in [2.24, 2.45) is 5.73 Å². The second kappa shape index (κ2) is 11.8. The molecule has 2 rings (SSSR count). The molecule has 150 valence electrons. The van der Waals surface area contributed by atoms with Crippen LogP contribution in [0.15, 0.2) is 54.6 Å². The minimum Gasteiger partial charge on any atom is -0.494 e. The number of carboxylic acids is 1. The smallest absolute Gasteiger partial charge is 0.326 e. The van der Waals surface area contributed by atoms with E-state index >= 15 is 0 Å². The van der Waals surface area contributed by atoms with Crippen LogP contribution in [0.25, 0.3) is 0 Å². The molecule has 28 heavy (non-hydrogen) atoms. The van der Waals surface area contributed by atoms with Crippen LogP contribution >= 0.6 is 0 Å². The van der Waals surface area contributed by atoms with Gasteiger partial charge in [0.1, 0.15) is 11.8 Å². The normalized spacial score (nSPS) is 11.6. The number of ether oxygens (including phenoxy) is 1. The number of nitrogens with one attached hydrogen (secondary N) is 1. The van der Waals surface area contributed by atoms with Gasteiger partial charge < -0.3 is 20.9 Å². The number of amides is 1. The zero-order valence-corrected chi connectivity index (χ0v) is 16.0. The molecule has 0 radical (unpaired) electrons. The summed E-state index contributed by atoms with van der Waals surface area (Å²) in [6.45, 7) is 1.38. The highest BCUT2D eigenvalue weighted by Crippen LogP contribution is 2.15. The van der Waals surface area contributed by atoms with Gasteiger partial charge in [0.15, 0.2) is 0 Å². The van der Waals surface area contributed by atoms with E-state index in [0.717, 1.165) is 43.5 Å². The van der Waals surface area contributed by atoms with Crippen molar-refractivity contribution in [3.63, 3.8) is 0 Å². The summed E-state index contributed by atoms with van der Waals surface area (Å²) < 4.78 is 5.70. The summed E-state index contributed by atoms with van der Waals surface area (Å²) in [6.07, 6.45) is 4.43. The average Bonchev–Trinajstić information content (AvgIpc) is 2.71. The number of unbranched alkanes of at least 4 members (excludes halogenated alkanes) is 3. The highest BCUT2D eigenvalue weighted by Gasteiger charge is 2.21. The van der Waals surface area contributed by atoms with Crippen molar-refractivity contribution in [3.8, 4) is 5.75 Å². The molecule has 0 saturated carbocycles. The monoisotopic (exact) mass is 384 g/mol. The first kappa shape index (κ1) is 21.4. The van der Waals surface area contributed by atoms with E-state index in [0.29, 0.717) is 12.2 Å². The third-order valence-electron chi connectivity index (χ3n) is 4.37. The molecule has 2 aromatic rings. The van der Waals surface area contributed by atoms with Crippen molar-refractivity contribution < 1.29 is 19.4 Å². The minimum absolute atomic E-state index is 0.202. The van der Waals surface area contributed by atoms with Gasteiger partial charge in [-0.15, -0.1) is 0 Å². The summed E-state index contributed by atoms with van der Waals surface area (Å²) in [4.78, 5) is 23.8. The number of benzene rings is 2. The minimum atomic E-state index is -1.07. The molecule has 0 unspecified atom stereocenters. The maximum Gasteiger partial charge on any atom is 0.326 e. The summed E-state index contributed by atoms with van der Waals surface area (Å²) in [5.74, 6) is -0.715. The zero-order chi connectivity index (χ0) is 20.2. The molecule has 0 aliphatic rings. The first-order chi connectivity index (χ1) is 13.6. The third-order valence-corrected chi connectivity index (χ3v) is 4.37. The number of carbonyl (C=O) groups is 2. The van der Waals surface area contributed by atoms with E-state index in [4.69, 9.17) is 10.5 Å². The number of carbonyl (C=O) groups excluding carboxylic acids is 1. The first-order valence-corrected chi connectivity index (χ1v) is 9.60. The van der Waals surface area contributed by atoms with Gasteiger partial charge in [-0.2, -0.15) is 0 Å². The molecule has 0 heterocycles. The standard InChI is InChI=1S/C22H28N2O4/c23-14-6-1-2-7-15-28-19-12-10-17(11-13-19)16-20(22(26)27)24-21(25)18-8-4-3-5-9-18/h3-5,8-13,20H,1-2,6-7,14-16,23H2,(H,24,25)(H,26,27)/t20-/m0/s1. The van der Waals surface area contributed by atoms with E-state index < -0.39 is 17.9 Å². The van der Waals surface area contributed by atoms with Gasteiger partial charge in [-0.05, 0) is 49.2 Å². The van der Waals surface area contributed by atoms with Crippen molar-refractivity contribution >= 4 is 11.9 Å². The Kier molecular flexibility index (Phi) is 9.01. The Morgan fingerprint density at radius 2 is 1.64 bits per heavy atom. The van der Waals surface area contributed by atoms with Crippen LogP contribution in [0.2, 0.25) is 0 Å². The molecule has 0 aliphatic heterocycles. The van der Waals surface area contributed by atoms with Crippen LogP contribution < -0.4 is 15.8 Å². The Morgan fingerprint density at radius 1 is 0.964 bits per heavy atom. The zero-order valence-electron chi connectivity index (χ0n) is 16.0. The molecule has 0 aliphatic carbocycles. The SMILES string of the molecule is NCCCCCCOc1ccc(C[C@H](NC(=O)c2ccccc2)C(=O)O)cc1. The molecule has 1 atom stereocenters. The summed E-state index contributed by atoms with van der Waals surface area (Å²) in [6, 6.07) is 14.9. The first-order valence-electron chi connectivity index (χ1n) is 9.60. The van der Waals surface area contributed by atoms with Crippen LogP contribution in [0.3, 0.4) is 0 Å². The highest BCUT2D eigenvalue weighted by molar-refractivity contribution is 5.96. The van der Waals surface area contributed by atoms with Crippen molar-refractivity contribution in [2.45, 2.75) is 38.1 Å². The summed E-state index contributed by atoms with van der Waals surface area (Å²) in [5, 5.41) is 12.0. The number of rotatable bonds is 12. The molecule has 1 amide bonds. The Balaban J connectivity index is 1.84. The van der Waals surface area contributed by atoms with E-state index in [1.807, 2.05) is 24.3 Å². The quantitative estimate of drug-likeness (QED) is 0.488. The van der Waals surface area contributed by atoms with Gasteiger partial charge in [0.05, 0.1) is 6.61 Å². The summed E-state index contributed by atoms with van der Waals surface area (Å²) in [7, 11) is 0. The van der Waals surface area contributed by atoms with Crippen LogP contribution in [-0.4, -0.2) is 36.2 Å². The molecule has 4 N–H and O–H groups in total. The molecule has 0 aromatic heterocycles. The topological polar surface area (TPSA) is 102 Å². The lowest BCUT2D eigenvalue weighted by atomic mass is 10.1. The van der Waals surface area contributed by atoms with Crippen LogP contribution in [0.1, 0.15) is 41.6 Å². The lowest BCUT2D eigenvalue weighted by Gasteiger charge is -2.15.